The zero-order valence-electron chi connectivity index (χ0n) is 13.0. The number of pyridine rings is 1. The van der Waals surface area contributed by atoms with Crippen molar-refractivity contribution in [2.24, 2.45) is 0 Å². The molecule has 0 amide bonds. The van der Waals surface area contributed by atoms with Crippen LogP contribution in [0.15, 0.2) is 48.7 Å². The van der Waals surface area contributed by atoms with Crippen LogP contribution in [0.25, 0.3) is 23.4 Å². The van der Waals surface area contributed by atoms with Gasteiger partial charge in [-0.2, -0.15) is 0 Å². The summed E-state index contributed by atoms with van der Waals surface area (Å²) in [5.41, 5.74) is 4.03. The predicted octanol–water partition coefficient (Wildman–Crippen LogP) is 4.39. The highest BCUT2D eigenvalue weighted by molar-refractivity contribution is 5.91. The number of nitrogens with zero attached hydrogens (tertiary/aromatic N) is 1. The first-order valence-electron chi connectivity index (χ1n) is 7.36. The molecule has 120 valence electrons. The van der Waals surface area contributed by atoms with Gasteiger partial charge in [0.1, 0.15) is 5.82 Å². The molecule has 5 heteroatoms. The van der Waals surface area contributed by atoms with Crippen molar-refractivity contribution in [1.29, 1.82) is 0 Å². The molecule has 0 aliphatic carbocycles. The third-order valence-electron chi connectivity index (χ3n) is 3.65. The fraction of sp³-hybridized carbons (Fsp3) is 0.0526. The van der Waals surface area contributed by atoms with Crippen molar-refractivity contribution in [2.45, 2.75) is 6.92 Å². The van der Waals surface area contributed by atoms with E-state index in [9.17, 15) is 9.18 Å². The summed E-state index contributed by atoms with van der Waals surface area (Å²) in [4.78, 5) is 18.5. The number of aromatic carboxylic acids is 1. The number of aromatic nitrogens is 2. The van der Waals surface area contributed by atoms with Crippen molar-refractivity contribution in [3.8, 4) is 11.3 Å². The Morgan fingerprint density at radius 3 is 2.58 bits per heavy atom. The van der Waals surface area contributed by atoms with E-state index in [0.717, 1.165) is 22.5 Å². The fourth-order valence-electron chi connectivity index (χ4n) is 2.40. The SMILES string of the molecule is Cc1[nH]c(-c2ccnc(/C=C/c3ccc(F)cc3)c2)cc1C(=O)O. The highest BCUT2D eigenvalue weighted by Gasteiger charge is 2.12. The number of aromatic amines is 1. The summed E-state index contributed by atoms with van der Waals surface area (Å²) >= 11 is 0. The Labute approximate surface area is 138 Å². The van der Waals surface area contributed by atoms with E-state index < -0.39 is 5.97 Å². The van der Waals surface area contributed by atoms with Crippen LogP contribution in [0.3, 0.4) is 0 Å². The number of hydrogen-bond donors (Lipinski definition) is 2. The summed E-state index contributed by atoms with van der Waals surface area (Å²) in [6.07, 6.45) is 5.33. The Hall–Kier alpha value is -3.21. The van der Waals surface area contributed by atoms with Crippen LogP contribution >= 0.6 is 0 Å². The average molecular weight is 322 g/mol. The monoisotopic (exact) mass is 322 g/mol. The number of rotatable bonds is 4. The van der Waals surface area contributed by atoms with Gasteiger partial charge in [-0.25, -0.2) is 9.18 Å². The van der Waals surface area contributed by atoms with Gasteiger partial charge in [0.2, 0.25) is 0 Å². The minimum atomic E-state index is -0.958. The number of carboxylic acids is 1. The van der Waals surface area contributed by atoms with Crippen molar-refractivity contribution >= 4 is 18.1 Å². The molecule has 2 heterocycles. The van der Waals surface area contributed by atoms with Crippen LogP contribution < -0.4 is 0 Å². The Morgan fingerprint density at radius 1 is 1.17 bits per heavy atom. The van der Waals surface area contributed by atoms with Crippen LogP contribution in [0.1, 0.15) is 27.3 Å². The first kappa shape index (κ1) is 15.7. The van der Waals surface area contributed by atoms with Gasteiger partial charge in [0.15, 0.2) is 0 Å². The van der Waals surface area contributed by atoms with E-state index in [1.54, 1.807) is 31.3 Å². The van der Waals surface area contributed by atoms with E-state index in [2.05, 4.69) is 9.97 Å². The maximum absolute atomic E-state index is 12.9. The van der Waals surface area contributed by atoms with Gasteiger partial charge in [-0.15, -0.1) is 0 Å². The molecule has 3 aromatic rings. The van der Waals surface area contributed by atoms with Gasteiger partial charge < -0.3 is 10.1 Å². The molecule has 0 radical (unpaired) electrons. The molecule has 1 aromatic carbocycles. The normalized spacial score (nSPS) is 11.1. The van der Waals surface area contributed by atoms with E-state index in [1.807, 2.05) is 24.3 Å². The molecule has 4 nitrogen and oxygen atoms in total. The zero-order valence-corrected chi connectivity index (χ0v) is 13.0. The lowest BCUT2D eigenvalue weighted by molar-refractivity contribution is 0.0696. The van der Waals surface area contributed by atoms with Crippen LogP contribution in [0, 0.1) is 12.7 Å². The number of carbonyl (C=O) groups is 1. The Morgan fingerprint density at radius 2 is 1.92 bits per heavy atom. The van der Waals surface area contributed by atoms with E-state index in [-0.39, 0.29) is 11.4 Å². The molecule has 0 saturated carbocycles. The molecular weight excluding hydrogens is 307 g/mol. The molecule has 2 N–H and O–H groups in total. The van der Waals surface area contributed by atoms with E-state index in [4.69, 9.17) is 5.11 Å². The summed E-state index contributed by atoms with van der Waals surface area (Å²) in [6.45, 7) is 1.73. The van der Waals surface area contributed by atoms with Crippen LogP contribution in [-0.2, 0) is 0 Å². The summed E-state index contributed by atoms with van der Waals surface area (Å²) < 4.78 is 12.9. The predicted molar refractivity (Wildman–Crippen MR) is 91.0 cm³/mol. The maximum atomic E-state index is 12.9. The average Bonchev–Trinajstić information content (AvgIpc) is 2.97. The summed E-state index contributed by atoms with van der Waals surface area (Å²) in [5, 5.41) is 9.14. The molecule has 3 rings (SSSR count). The van der Waals surface area contributed by atoms with Gasteiger partial charge >= 0.3 is 5.97 Å². The minimum Gasteiger partial charge on any atom is -0.478 e. The van der Waals surface area contributed by atoms with Gasteiger partial charge in [-0.05, 0) is 48.9 Å². The van der Waals surface area contributed by atoms with Crippen LogP contribution in [-0.4, -0.2) is 21.0 Å². The lowest BCUT2D eigenvalue weighted by atomic mass is 10.1. The highest BCUT2D eigenvalue weighted by atomic mass is 19.1. The quantitative estimate of drug-likeness (QED) is 0.748. The molecule has 0 bridgehead atoms. The molecule has 2 aromatic heterocycles. The van der Waals surface area contributed by atoms with Gasteiger partial charge in [0, 0.05) is 23.1 Å². The van der Waals surface area contributed by atoms with E-state index in [0.29, 0.717) is 5.69 Å². The second-order valence-electron chi connectivity index (χ2n) is 5.38. The first-order valence-corrected chi connectivity index (χ1v) is 7.36. The van der Waals surface area contributed by atoms with Gasteiger partial charge in [-0.1, -0.05) is 18.2 Å². The number of carboxylic acid groups (broad SMARTS) is 1. The van der Waals surface area contributed by atoms with Crippen molar-refractivity contribution in [3.05, 3.63) is 77.0 Å². The Kier molecular flexibility index (Phi) is 4.24. The van der Waals surface area contributed by atoms with Gasteiger partial charge in [-0.3, -0.25) is 4.98 Å². The summed E-state index contributed by atoms with van der Waals surface area (Å²) in [5.74, 6) is -1.23. The van der Waals surface area contributed by atoms with E-state index in [1.165, 1.54) is 12.1 Å². The molecule has 0 fully saturated rings. The van der Waals surface area contributed by atoms with Crippen LogP contribution in [0.2, 0.25) is 0 Å². The second kappa shape index (κ2) is 6.50. The van der Waals surface area contributed by atoms with Gasteiger partial charge in [0.25, 0.3) is 0 Å². The molecule has 0 spiro atoms. The summed E-state index contributed by atoms with van der Waals surface area (Å²) in [7, 11) is 0. The van der Waals surface area contributed by atoms with Crippen molar-refractivity contribution in [2.75, 3.05) is 0 Å². The van der Waals surface area contributed by atoms with Crippen LogP contribution in [0.4, 0.5) is 4.39 Å². The largest absolute Gasteiger partial charge is 0.478 e. The van der Waals surface area contributed by atoms with Crippen molar-refractivity contribution < 1.29 is 14.3 Å². The molecular formula is C19H15FN2O2. The third-order valence-corrected chi connectivity index (χ3v) is 3.65. The number of nitrogens with one attached hydrogen (secondary N) is 1. The number of H-pyrrole nitrogens is 1. The Bertz CT molecular complexity index is 911. The molecule has 0 unspecified atom stereocenters. The standard InChI is InChI=1S/C19H15FN2O2/c1-12-17(19(23)24)11-18(22-12)14-8-9-21-16(10-14)7-4-13-2-5-15(20)6-3-13/h2-11,22H,1H3,(H,23,24)/b7-4+. The van der Waals surface area contributed by atoms with Crippen molar-refractivity contribution in [3.63, 3.8) is 0 Å². The minimum absolute atomic E-state index is 0.255. The fourth-order valence-corrected chi connectivity index (χ4v) is 2.40. The number of halogens is 1. The lowest BCUT2D eigenvalue weighted by Gasteiger charge is -2.00. The van der Waals surface area contributed by atoms with Crippen LogP contribution in [0.5, 0.6) is 0 Å². The topological polar surface area (TPSA) is 66.0 Å². The molecule has 0 aliphatic rings. The molecule has 0 saturated heterocycles. The lowest BCUT2D eigenvalue weighted by Crippen LogP contribution is -1.95. The highest BCUT2D eigenvalue weighted by Crippen LogP contribution is 2.22. The van der Waals surface area contributed by atoms with E-state index >= 15 is 0 Å². The number of aryl methyl sites for hydroxylation is 1. The second-order valence-corrected chi connectivity index (χ2v) is 5.38. The van der Waals surface area contributed by atoms with Crippen molar-refractivity contribution in [1.82, 2.24) is 9.97 Å². The summed E-state index contributed by atoms with van der Waals surface area (Å²) in [6, 6.07) is 11.5. The maximum Gasteiger partial charge on any atom is 0.337 e. The Balaban J connectivity index is 1.87. The molecule has 24 heavy (non-hydrogen) atoms. The first-order chi connectivity index (χ1) is 11.5. The number of hydrogen-bond acceptors (Lipinski definition) is 2. The van der Waals surface area contributed by atoms with Gasteiger partial charge in [0.05, 0.1) is 11.3 Å². The molecule has 0 atom stereocenters. The zero-order chi connectivity index (χ0) is 17.1. The third kappa shape index (κ3) is 3.41. The smallest absolute Gasteiger partial charge is 0.337 e. The molecule has 0 aliphatic heterocycles. The number of benzene rings is 1.